The first-order valence-corrected chi connectivity index (χ1v) is 26.9. The molecule has 0 radical (unpaired) electrons. The number of fused-ring (bicyclic) bond motifs is 2. The number of nitrogen functional groups attached to an aromatic ring is 1. The van der Waals surface area contributed by atoms with E-state index in [9.17, 15) is 24.0 Å². The van der Waals surface area contributed by atoms with E-state index in [0.717, 1.165) is 85.0 Å². The van der Waals surface area contributed by atoms with Gasteiger partial charge in [-0.1, -0.05) is 17.9 Å². The van der Waals surface area contributed by atoms with E-state index in [4.69, 9.17) is 15.7 Å². The van der Waals surface area contributed by atoms with Crippen molar-refractivity contribution in [1.82, 2.24) is 54.3 Å². The van der Waals surface area contributed by atoms with E-state index in [1.165, 1.54) is 0 Å². The van der Waals surface area contributed by atoms with Crippen LogP contribution in [0.2, 0.25) is 0 Å². The van der Waals surface area contributed by atoms with Crippen molar-refractivity contribution in [3.8, 4) is 28.8 Å². The molecule has 7 aromatic rings. The van der Waals surface area contributed by atoms with Gasteiger partial charge in [-0.3, -0.25) is 48.3 Å². The third-order valence-electron chi connectivity index (χ3n) is 15.9. The number of benzene rings is 2. The second kappa shape index (κ2) is 21.4. The number of pyridine rings is 3. The summed E-state index contributed by atoms with van der Waals surface area (Å²) < 4.78 is 19.7. The van der Waals surface area contributed by atoms with Crippen molar-refractivity contribution in [2.75, 3.05) is 79.8 Å². The van der Waals surface area contributed by atoms with Crippen LogP contribution in [0, 0.1) is 30.5 Å². The number of hydrogen-bond acceptors (Lipinski definition) is 15. The highest BCUT2D eigenvalue weighted by atomic mass is 19.1. The predicted octanol–water partition coefficient (Wildman–Crippen LogP) is 5.37. The predicted molar refractivity (Wildman–Crippen MR) is 293 cm³/mol. The van der Waals surface area contributed by atoms with Gasteiger partial charge in [0.25, 0.3) is 11.8 Å². The smallest absolute Gasteiger partial charge is 0.264 e. The Kier molecular flexibility index (Phi) is 13.8. The minimum absolute atomic E-state index is 0.0368. The molecule has 402 valence electrons. The lowest BCUT2D eigenvalue weighted by atomic mass is 9.93. The number of carbonyl (C=O) groups is 5. The molecule has 0 saturated carbocycles. The van der Waals surface area contributed by atoms with Gasteiger partial charge in [0.05, 0.1) is 47.0 Å². The summed E-state index contributed by atoms with van der Waals surface area (Å²) in [6, 6.07) is 20.8. The molecule has 10 heterocycles. The molecule has 12 rings (SSSR count). The Labute approximate surface area is 454 Å². The number of nitrogens with two attached hydrogens (primary N) is 1. The molecule has 4 saturated heterocycles. The van der Waals surface area contributed by atoms with E-state index in [-0.39, 0.29) is 47.7 Å². The number of rotatable bonds is 11. The number of imidazole rings is 1. The van der Waals surface area contributed by atoms with Crippen molar-refractivity contribution in [1.29, 1.82) is 0 Å². The first-order chi connectivity index (χ1) is 38.4. The zero-order valence-corrected chi connectivity index (χ0v) is 43.6. The molecule has 5 aromatic heterocycles. The maximum atomic E-state index is 15.9. The monoisotopic (exact) mass is 1060 g/mol. The number of nitrogens with one attached hydrogen (secondary N) is 2. The molecule has 2 aromatic carbocycles. The Bertz CT molecular complexity index is 3600. The Morgan fingerprint density at radius 2 is 1.66 bits per heavy atom. The topological polar surface area (TPSA) is 226 Å². The summed E-state index contributed by atoms with van der Waals surface area (Å²) in [4.78, 5) is 92.8. The fraction of sp³-hybridized carbons (Fsp3) is 0.345. The molecule has 0 bridgehead atoms. The number of carbonyl (C=O) groups excluding carboxylic acids is 5. The lowest BCUT2D eigenvalue weighted by molar-refractivity contribution is -0.138. The Hall–Kier alpha value is -9.03. The molecular weight excluding hydrogens is 1010 g/mol. The van der Waals surface area contributed by atoms with Gasteiger partial charge in [-0.2, -0.15) is 5.10 Å². The summed E-state index contributed by atoms with van der Waals surface area (Å²) in [6.45, 7) is 8.47. The molecule has 4 N–H and O–H groups in total. The fourth-order valence-electron chi connectivity index (χ4n) is 11.6. The molecule has 5 aliphatic rings. The molecule has 21 heteroatoms. The van der Waals surface area contributed by atoms with Crippen molar-refractivity contribution in [2.24, 2.45) is 5.92 Å². The second-order valence-corrected chi connectivity index (χ2v) is 20.8. The number of likely N-dealkylation sites (tertiary alicyclic amines) is 1. The van der Waals surface area contributed by atoms with Gasteiger partial charge in [-0.25, -0.2) is 24.3 Å². The molecule has 4 fully saturated rings. The quantitative estimate of drug-likeness (QED) is 0.109. The molecule has 1 atom stereocenters. The van der Waals surface area contributed by atoms with Gasteiger partial charge in [0.2, 0.25) is 17.7 Å². The maximum Gasteiger partial charge on any atom is 0.264 e. The molecule has 79 heavy (non-hydrogen) atoms. The van der Waals surface area contributed by atoms with E-state index in [1.807, 2.05) is 75.9 Å². The molecule has 0 aliphatic carbocycles. The third kappa shape index (κ3) is 10.2. The number of anilines is 4. The van der Waals surface area contributed by atoms with Crippen LogP contribution in [-0.2, 0) is 20.9 Å². The summed E-state index contributed by atoms with van der Waals surface area (Å²) in [6.07, 6.45) is 10.4. The van der Waals surface area contributed by atoms with Crippen molar-refractivity contribution in [3.05, 3.63) is 131 Å². The normalized spacial score (nSPS) is 18.5. The number of halogens is 1. The van der Waals surface area contributed by atoms with Crippen LogP contribution in [0.3, 0.4) is 0 Å². The largest absolute Gasteiger partial charge is 0.384 e. The highest BCUT2D eigenvalue weighted by molar-refractivity contribution is 6.25. The zero-order valence-electron chi connectivity index (χ0n) is 43.6. The summed E-state index contributed by atoms with van der Waals surface area (Å²) >= 11 is 0. The van der Waals surface area contributed by atoms with E-state index in [2.05, 4.69) is 52.2 Å². The van der Waals surface area contributed by atoms with Crippen LogP contribution in [-0.4, -0.2) is 143 Å². The van der Waals surface area contributed by atoms with Gasteiger partial charge in [-0.15, -0.1) is 0 Å². The summed E-state index contributed by atoms with van der Waals surface area (Å²) in [5.41, 5.74) is 12.7. The van der Waals surface area contributed by atoms with Gasteiger partial charge >= 0.3 is 0 Å². The minimum Gasteiger partial charge on any atom is -0.384 e. The molecule has 5 aliphatic heterocycles. The van der Waals surface area contributed by atoms with Crippen LogP contribution in [0.5, 0.6) is 0 Å². The maximum absolute atomic E-state index is 15.9. The first-order valence-electron chi connectivity index (χ1n) is 26.9. The van der Waals surface area contributed by atoms with Gasteiger partial charge in [0.15, 0.2) is 5.65 Å². The molecule has 0 spiro atoms. The average Bonchev–Trinajstić information content (AvgIpc) is 4.19. The second-order valence-electron chi connectivity index (χ2n) is 20.8. The van der Waals surface area contributed by atoms with Crippen molar-refractivity contribution in [3.63, 3.8) is 0 Å². The first kappa shape index (κ1) is 50.8. The summed E-state index contributed by atoms with van der Waals surface area (Å²) in [5.74, 6) is 6.26. The zero-order chi connectivity index (χ0) is 54.3. The number of piperidine rings is 3. The Morgan fingerprint density at radius 3 is 2.42 bits per heavy atom. The van der Waals surface area contributed by atoms with Crippen molar-refractivity contribution >= 4 is 63.7 Å². The van der Waals surface area contributed by atoms with Gasteiger partial charge < -0.3 is 25.8 Å². The van der Waals surface area contributed by atoms with Crippen LogP contribution in [0.4, 0.5) is 27.4 Å². The van der Waals surface area contributed by atoms with Crippen molar-refractivity contribution in [2.45, 2.75) is 64.1 Å². The Morgan fingerprint density at radius 1 is 0.835 bits per heavy atom. The average molecular weight is 1060 g/mol. The van der Waals surface area contributed by atoms with Crippen LogP contribution in [0.15, 0.2) is 97.6 Å². The molecular formula is C58H58FN15O5. The Balaban J connectivity index is 0.572. The fourth-order valence-corrected chi connectivity index (χ4v) is 11.6. The number of nitrogens with zero attached hydrogens (tertiary/aromatic N) is 12. The summed E-state index contributed by atoms with van der Waals surface area (Å²) in [5, 5.41) is 10.2. The van der Waals surface area contributed by atoms with E-state index >= 15 is 4.39 Å². The van der Waals surface area contributed by atoms with Gasteiger partial charge in [-0.05, 0) is 99.7 Å². The molecule has 5 amide bonds. The third-order valence-corrected chi connectivity index (χ3v) is 15.9. The standard InChI is InChI=1S/C58H58FN15O5/c1-36-65-47-10-9-45(40-15-20-61-50(60)30-40)66-54(47)73(36)42-8-11-48(44(59)31-42)69-28-26-68(27-29-69)21-3-4-37-7-13-51(63-32-37)70-22-16-39(17-23-70)56(77)71-24-18-41(19-25-71)72-35-38(34-64-72)33-62-46-6-2-5-43-53(46)58(79)74(57(43)78)49-12-14-52(75)67-55(49)76/h2,5-11,13,15,20,30-32,34-35,39,41,49,62H,12,14,16-19,21-29,33H2,1H3,(H2,60,61)(H,67,75,76)/t49-/m1/s1. The van der Waals surface area contributed by atoms with E-state index in [0.29, 0.717) is 79.1 Å². The highest BCUT2D eigenvalue weighted by Gasteiger charge is 2.45. The van der Waals surface area contributed by atoms with E-state index < -0.39 is 29.7 Å². The van der Waals surface area contributed by atoms with Crippen LogP contribution in [0.1, 0.15) is 82.2 Å². The SMILES string of the molecule is Cc1nc2ccc(-c3ccnc(N)c3)nc2n1-c1ccc(N2CCN(CC#Cc3ccc(N4CCC(C(=O)N5CCC(n6cc(CNc7cccc8c7C(=O)N([C@@H]7CCC(=O)NC7=O)C8=O)cn6)CC5)CC4)nc3)CC2)c(F)c1. The minimum atomic E-state index is -1.04. The number of aromatic nitrogens is 7. The van der Waals surface area contributed by atoms with Crippen LogP contribution >= 0.6 is 0 Å². The number of aryl methyl sites for hydroxylation is 1. The lowest BCUT2D eigenvalue weighted by Crippen LogP contribution is -2.54. The number of piperazine rings is 1. The van der Waals surface area contributed by atoms with E-state index in [1.54, 1.807) is 42.7 Å². The number of hydrogen-bond donors (Lipinski definition) is 3. The lowest BCUT2D eigenvalue weighted by Gasteiger charge is -2.37. The highest BCUT2D eigenvalue weighted by Crippen LogP contribution is 2.34. The van der Waals surface area contributed by atoms with Crippen LogP contribution in [0.25, 0.3) is 28.1 Å². The molecule has 0 unspecified atom stereocenters. The summed E-state index contributed by atoms with van der Waals surface area (Å²) in [7, 11) is 0. The van der Waals surface area contributed by atoms with Crippen LogP contribution < -0.4 is 26.2 Å². The van der Waals surface area contributed by atoms with Gasteiger partial charge in [0, 0.05) is 118 Å². The number of imide groups is 2. The van der Waals surface area contributed by atoms with Gasteiger partial charge in [0.1, 0.15) is 34.8 Å². The van der Waals surface area contributed by atoms with Crippen molar-refractivity contribution < 1.29 is 28.4 Å². The molecule has 20 nitrogen and oxygen atoms in total. The number of amides is 5.